The van der Waals surface area contributed by atoms with Crippen LogP contribution < -0.4 is 16.0 Å². The lowest BCUT2D eigenvalue weighted by Crippen LogP contribution is -2.58. The second kappa shape index (κ2) is 18.1. The van der Waals surface area contributed by atoms with Crippen LogP contribution >= 0.6 is 0 Å². The molecule has 0 aliphatic carbocycles. The number of aliphatic hydroxyl groups excluding tert-OH is 1. The van der Waals surface area contributed by atoms with E-state index in [1.807, 2.05) is 61.5 Å². The van der Waals surface area contributed by atoms with Gasteiger partial charge in [-0.1, -0.05) is 95.6 Å². The van der Waals surface area contributed by atoms with E-state index in [9.17, 15) is 33.9 Å². The van der Waals surface area contributed by atoms with Crippen LogP contribution in [0, 0.1) is 11.8 Å². The molecule has 6 atom stereocenters. The number of carbonyl (C=O) groups excluding carboxylic acids is 6. The number of hydrogen-bond donors (Lipinski definition) is 4. The molecule has 4 rings (SSSR count). The molecule has 0 spiro atoms. The summed E-state index contributed by atoms with van der Waals surface area (Å²) in [6, 6.07) is 13.1. The molecule has 2 aromatic carbocycles. The average molecular weight is 720 g/mol. The third-order valence-electron chi connectivity index (χ3n) is 9.72. The van der Waals surface area contributed by atoms with Crippen molar-refractivity contribution in [2.75, 3.05) is 13.1 Å². The van der Waals surface area contributed by atoms with Crippen LogP contribution in [0.4, 0.5) is 4.79 Å². The first-order valence-corrected chi connectivity index (χ1v) is 18.2. The molecule has 2 aliphatic rings. The maximum absolute atomic E-state index is 14.2. The van der Waals surface area contributed by atoms with E-state index < -0.39 is 83.7 Å². The van der Waals surface area contributed by atoms with Crippen LogP contribution in [0.15, 0.2) is 54.6 Å². The van der Waals surface area contributed by atoms with E-state index in [0.29, 0.717) is 25.9 Å². The lowest BCUT2D eigenvalue weighted by molar-refractivity contribution is -0.145. The van der Waals surface area contributed by atoms with E-state index in [1.165, 1.54) is 4.90 Å². The minimum Gasteiger partial charge on any atom is -0.444 e. The van der Waals surface area contributed by atoms with Crippen LogP contribution in [0.3, 0.4) is 0 Å². The van der Waals surface area contributed by atoms with E-state index in [0.717, 1.165) is 16.7 Å². The molecule has 13 nitrogen and oxygen atoms in total. The highest BCUT2D eigenvalue weighted by Crippen LogP contribution is 2.26. The molecule has 2 aromatic rings. The molecule has 1 saturated heterocycles. The lowest BCUT2D eigenvalue weighted by atomic mass is 10.00. The van der Waals surface area contributed by atoms with Gasteiger partial charge in [0.2, 0.25) is 23.5 Å². The number of likely N-dealkylation sites (tertiary alicyclic amines) is 1. The first kappa shape index (κ1) is 40.0. The van der Waals surface area contributed by atoms with Gasteiger partial charge in [-0.15, -0.1) is 0 Å². The molecule has 0 aromatic heterocycles. The Morgan fingerprint density at radius 2 is 1.52 bits per heavy atom. The van der Waals surface area contributed by atoms with Gasteiger partial charge in [-0.3, -0.25) is 24.0 Å². The molecule has 1 fully saturated rings. The predicted octanol–water partition coefficient (Wildman–Crippen LogP) is 3.04. The van der Waals surface area contributed by atoms with E-state index >= 15 is 0 Å². The quantitative estimate of drug-likeness (QED) is 0.216. The maximum Gasteiger partial charge on any atom is 0.410 e. The number of aliphatic hydroxyl groups is 1. The number of Topliss-reactive ketones (excluding diaryl/α,β-unsaturated/α-hetero) is 1. The Morgan fingerprint density at radius 3 is 2.15 bits per heavy atom. The molecule has 282 valence electrons. The zero-order valence-corrected chi connectivity index (χ0v) is 31.0. The number of nitrogens with zero attached hydrogens (tertiary/aromatic N) is 2. The van der Waals surface area contributed by atoms with Gasteiger partial charge >= 0.3 is 6.09 Å². The average Bonchev–Trinajstić information content (AvgIpc) is 3.56. The van der Waals surface area contributed by atoms with Gasteiger partial charge in [0.05, 0.1) is 18.6 Å². The van der Waals surface area contributed by atoms with Crippen LogP contribution in [0.5, 0.6) is 0 Å². The molecule has 2 heterocycles. The fourth-order valence-corrected chi connectivity index (χ4v) is 6.55. The van der Waals surface area contributed by atoms with Crippen molar-refractivity contribution in [1.29, 1.82) is 0 Å². The highest BCUT2D eigenvalue weighted by Gasteiger charge is 2.46. The van der Waals surface area contributed by atoms with Gasteiger partial charge in [-0.05, 0) is 48.3 Å². The van der Waals surface area contributed by atoms with E-state index in [-0.39, 0.29) is 19.4 Å². The summed E-state index contributed by atoms with van der Waals surface area (Å²) in [6.45, 7) is 11.0. The van der Waals surface area contributed by atoms with E-state index in [1.54, 1.807) is 39.5 Å². The van der Waals surface area contributed by atoms with Crippen LogP contribution in [0.25, 0.3) is 0 Å². The number of ketones is 1. The summed E-state index contributed by atoms with van der Waals surface area (Å²) in [5.74, 6) is -4.52. The van der Waals surface area contributed by atoms with Crippen molar-refractivity contribution in [2.45, 2.75) is 110 Å². The molecule has 5 amide bonds. The first-order valence-electron chi connectivity index (χ1n) is 18.2. The Morgan fingerprint density at radius 1 is 0.865 bits per heavy atom. The first-order chi connectivity index (χ1) is 24.7. The Bertz CT molecular complexity index is 1600. The third kappa shape index (κ3) is 9.96. The van der Waals surface area contributed by atoms with Gasteiger partial charge in [-0.25, -0.2) is 4.79 Å². The van der Waals surface area contributed by atoms with Gasteiger partial charge in [-0.2, -0.15) is 0 Å². The van der Waals surface area contributed by atoms with Gasteiger partial charge in [0.25, 0.3) is 5.91 Å². The van der Waals surface area contributed by atoms with E-state index in [4.69, 9.17) is 4.74 Å². The molecule has 52 heavy (non-hydrogen) atoms. The number of fused-ring (bicyclic) bond motifs is 1. The highest BCUT2D eigenvalue weighted by atomic mass is 16.6. The lowest BCUT2D eigenvalue weighted by Gasteiger charge is -2.31. The summed E-state index contributed by atoms with van der Waals surface area (Å²) in [5.41, 5.74) is 2.98. The van der Waals surface area contributed by atoms with Gasteiger partial charge in [0, 0.05) is 19.5 Å². The van der Waals surface area contributed by atoms with Crippen molar-refractivity contribution in [1.82, 2.24) is 25.8 Å². The number of ether oxygens (including phenoxy) is 1. The van der Waals surface area contributed by atoms with Crippen molar-refractivity contribution >= 4 is 35.5 Å². The fourth-order valence-electron chi connectivity index (χ4n) is 6.55. The minimum absolute atomic E-state index is 0.0641. The van der Waals surface area contributed by atoms with Crippen molar-refractivity contribution in [3.05, 3.63) is 71.3 Å². The zero-order valence-electron chi connectivity index (χ0n) is 31.0. The largest absolute Gasteiger partial charge is 0.444 e. The Hall–Kier alpha value is -4.78. The molecule has 2 aliphatic heterocycles. The van der Waals surface area contributed by atoms with Crippen LogP contribution in [0.1, 0.15) is 83.5 Å². The number of amides is 5. The Labute approximate surface area is 305 Å². The van der Waals surface area contributed by atoms with Crippen molar-refractivity contribution in [3.8, 4) is 0 Å². The molecule has 0 bridgehead atoms. The Kier molecular flexibility index (Phi) is 13.9. The summed E-state index contributed by atoms with van der Waals surface area (Å²) in [4.78, 5) is 83.8. The predicted molar refractivity (Wildman–Crippen MR) is 193 cm³/mol. The molecule has 13 heteroatoms. The van der Waals surface area contributed by atoms with Crippen LogP contribution in [0.2, 0.25) is 0 Å². The molecular formula is C39H53N5O8. The van der Waals surface area contributed by atoms with E-state index in [2.05, 4.69) is 16.0 Å². The number of hydrogen-bond acceptors (Lipinski definition) is 8. The smallest absolute Gasteiger partial charge is 0.410 e. The Balaban J connectivity index is 1.53. The molecule has 1 unspecified atom stereocenters. The molecule has 0 radical (unpaired) electrons. The van der Waals surface area contributed by atoms with Gasteiger partial charge in [0.15, 0.2) is 0 Å². The normalized spacial score (nSPS) is 19.2. The second-order valence-electron chi connectivity index (χ2n) is 14.4. The van der Waals surface area contributed by atoms with Gasteiger partial charge in [0.1, 0.15) is 24.3 Å². The summed E-state index contributed by atoms with van der Waals surface area (Å²) in [5, 5.41) is 18.4. The van der Waals surface area contributed by atoms with Gasteiger partial charge < -0.3 is 35.6 Å². The zero-order chi connectivity index (χ0) is 38.1. The number of rotatable bonds is 14. The SMILES string of the molecule is CCCC(NC(=O)[C@@H]1C[C@H](OC(=O)N2CCc3ccccc3C2)CN1C(=O)[C@@H](NC(=O)[C@@H](O)C(C)C)C(C)C)C(=O)C(=O)N[C@@H](C)c1ccccc1. The molecule has 0 saturated carbocycles. The highest BCUT2D eigenvalue weighted by molar-refractivity contribution is 6.38. The van der Waals surface area contributed by atoms with Crippen molar-refractivity contribution in [2.24, 2.45) is 11.8 Å². The van der Waals surface area contributed by atoms with Crippen LogP contribution in [-0.4, -0.2) is 93.8 Å². The van der Waals surface area contributed by atoms with Crippen molar-refractivity contribution < 1.29 is 38.6 Å². The topological polar surface area (TPSA) is 174 Å². The minimum atomic E-state index is -1.35. The molecular weight excluding hydrogens is 666 g/mol. The summed E-state index contributed by atoms with van der Waals surface area (Å²) < 4.78 is 5.90. The number of benzene rings is 2. The standard InChI is InChI=1S/C39H53N5O8/c1-7-13-30(34(46)37(49)40-25(6)26-14-9-8-10-15-26)41-35(47)31-20-29(52-39(51)43-19-18-27-16-11-12-17-28(27)21-43)22-44(31)38(50)32(23(2)3)42-36(48)33(45)24(4)5/h8-12,14-17,23-25,29-33,45H,7,13,18-22H2,1-6H3,(H,40,49)(H,41,47)(H,42,48)/t25-,29-,30?,31-,32-,33-/m0/s1. The second-order valence-corrected chi connectivity index (χ2v) is 14.4. The fraction of sp³-hybridized carbons (Fsp3) is 0.538. The van der Waals surface area contributed by atoms with Crippen LogP contribution in [-0.2, 0) is 41.7 Å². The summed E-state index contributed by atoms with van der Waals surface area (Å²) >= 11 is 0. The summed E-state index contributed by atoms with van der Waals surface area (Å²) in [6.07, 6.45) is -1.56. The van der Waals surface area contributed by atoms with Crippen molar-refractivity contribution in [3.63, 3.8) is 0 Å². The third-order valence-corrected chi connectivity index (χ3v) is 9.72. The monoisotopic (exact) mass is 719 g/mol. The number of nitrogens with one attached hydrogen (secondary N) is 3. The maximum atomic E-state index is 14.2. The summed E-state index contributed by atoms with van der Waals surface area (Å²) in [7, 11) is 0. The number of carbonyl (C=O) groups is 6. The molecule has 4 N–H and O–H groups in total.